The van der Waals surface area contributed by atoms with E-state index in [0.717, 1.165) is 23.6 Å². The minimum Gasteiger partial charge on any atom is -0.493 e. The summed E-state index contributed by atoms with van der Waals surface area (Å²) in [6.07, 6.45) is 4.54. The number of rotatable bonds is 6. The highest BCUT2D eigenvalue weighted by molar-refractivity contribution is 5.41. The Morgan fingerprint density at radius 3 is 2.29 bits per heavy atom. The first kappa shape index (κ1) is 13.8. The van der Waals surface area contributed by atoms with Crippen molar-refractivity contribution < 1.29 is 9.47 Å². The molecule has 0 radical (unpaired) electrons. The fourth-order valence-corrected chi connectivity index (χ4v) is 2.64. The van der Waals surface area contributed by atoms with Crippen LogP contribution in [-0.2, 0) is 12.8 Å². The van der Waals surface area contributed by atoms with Gasteiger partial charge in [0.1, 0.15) is 11.5 Å². The summed E-state index contributed by atoms with van der Waals surface area (Å²) in [5.41, 5.74) is 9.31. The molecule has 0 amide bonds. The number of hydrogen-bond donors (Lipinski definition) is 1. The van der Waals surface area contributed by atoms with Crippen molar-refractivity contribution in [1.29, 1.82) is 0 Å². The van der Waals surface area contributed by atoms with Gasteiger partial charge in [-0.15, -0.1) is 0 Å². The van der Waals surface area contributed by atoms with Gasteiger partial charge in [0, 0.05) is 12.1 Å². The third kappa shape index (κ3) is 3.69. The van der Waals surface area contributed by atoms with E-state index in [9.17, 15) is 0 Å². The van der Waals surface area contributed by atoms with Crippen LogP contribution in [0.2, 0.25) is 0 Å². The lowest BCUT2D eigenvalue weighted by molar-refractivity contribution is 0.247. The first-order valence-electron chi connectivity index (χ1n) is 7.54. The molecule has 0 atom stereocenters. The summed E-state index contributed by atoms with van der Waals surface area (Å²) in [6.45, 7) is 1.32. The smallest absolute Gasteiger partial charge is 0.119 e. The standard InChI is InChI=1S/C18H21NO2/c19-16-6-9-17(10-7-16)20-11-2-12-21-18-8-5-14-3-1-4-15(14)13-18/h5-10,13H,1-4,11-12,19H2. The molecule has 21 heavy (non-hydrogen) atoms. The summed E-state index contributed by atoms with van der Waals surface area (Å²) in [5.74, 6) is 1.82. The second-order valence-electron chi connectivity index (χ2n) is 5.40. The number of hydrogen-bond acceptors (Lipinski definition) is 3. The third-order valence-electron chi connectivity index (χ3n) is 3.78. The molecule has 0 heterocycles. The van der Waals surface area contributed by atoms with E-state index >= 15 is 0 Å². The van der Waals surface area contributed by atoms with Crippen LogP contribution < -0.4 is 15.2 Å². The fourth-order valence-electron chi connectivity index (χ4n) is 2.64. The monoisotopic (exact) mass is 283 g/mol. The molecule has 1 aliphatic rings. The lowest BCUT2D eigenvalue weighted by atomic mass is 10.1. The van der Waals surface area contributed by atoms with Gasteiger partial charge in [-0.05, 0) is 66.8 Å². The lowest BCUT2D eigenvalue weighted by Gasteiger charge is -2.09. The molecule has 1 aliphatic carbocycles. The Labute approximate surface area is 125 Å². The zero-order valence-corrected chi connectivity index (χ0v) is 12.2. The highest BCUT2D eigenvalue weighted by atomic mass is 16.5. The van der Waals surface area contributed by atoms with Crippen molar-refractivity contribution >= 4 is 5.69 Å². The van der Waals surface area contributed by atoms with Crippen molar-refractivity contribution in [2.75, 3.05) is 18.9 Å². The fraction of sp³-hybridized carbons (Fsp3) is 0.333. The van der Waals surface area contributed by atoms with Crippen molar-refractivity contribution in [3.63, 3.8) is 0 Å². The maximum Gasteiger partial charge on any atom is 0.119 e. The second kappa shape index (κ2) is 6.53. The van der Waals surface area contributed by atoms with Crippen molar-refractivity contribution in [1.82, 2.24) is 0 Å². The van der Waals surface area contributed by atoms with Gasteiger partial charge in [-0.1, -0.05) is 6.07 Å². The first-order chi connectivity index (χ1) is 10.3. The number of ether oxygens (including phenoxy) is 2. The average molecular weight is 283 g/mol. The number of anilines is 1. The minimum absolute atomic E-state index is 0.648. The summed E-state index contributed by atoms with van der Waals surface area (Å²) in [6, 6.07) is 13.9. The molecular formula is C18H21NO2. The Kier molecular flexibility index (Phi) is 4.29. The summed E-state index contributed by atoms with van der Waals surface area (Å²) in [7, 11) is 0. The van der Waals surface area contributed by atoms with E-state index in [1.807, 2.05) is 24.3 Å². The molecule has 0 spiro atoms. The molecule has 110 valence electrons. The van der Waals surface area contributed by atoms with Gasteiger partial charge >= 0.3 is 0 Å². The zero-order valence-electron chi connectivity index (χ0n) is 12.2. The quantitative estimate of drug-likeness (QED) is 0.650. The van der Waals surface area contributed by atoms with Crippen LogP contribution in [0.15, 0.2) is 42.5 Å². The maximum absolute atomic E-state index is 5.79. The number of fused-ring (bicyclic) bond motifs is 1. The third-order valence-corrected chi connectivity index (χ3v) is 3.78. The van der Waals surface area contributed by atoms with E-state index in [4.69, 9.17) is 15.2 Å². The van der Waals surface area contributed by atoms with Crippen LogP contribution in [0.5, 0.6) is 11.5 Å². The van der Waals surface area contributed by atoms with E-state index in [1.54, 1.807) is 0 Å². The van der Waals surface area contributed by atoms with Gasteiger partial charge in [0.05, 0.1) is 13.2 Å². The molecule has 0 fully saturated rings. The summed E-state index contributed by atoms with van der Waals surface area (Å²) >= 11 is 0. The number of nitrogen functional groups attached to an aromatic ring is 1. The Balaban J connectivity index is 1.39. The van der Waals surface area contributed by atoms with Gasteiger partial charge in [-0.2, -0.15) is 0 Å². The van der Waals surface area contributed by atoms with Crippen molar-refractivity contribution in [3.8, 4) is 11.5 Å². The highest BCUT2D eigenvalue weighted by Crippen LogP contribution is 2.26. The molecule has 0 saturated heterocycles. The normalized spacial score (nSPS) is 13.0. The van der Waals surface area contributed by atoms with E-state index in [0.29, 0.717) is 13.2 Å². The maximum atomic E-state index is 5.79. The SMILES string of the molecule is Nc1ccc(OCCCOc2ccc3c(c2)CCC3)cc1. The molecule has 3 rings (SSSR count). The number of nitrogens with two attached hydrogens (primary N) is 1. The summed E-state index contributed by atoms with van der Waals surface area (Å²) < 4.78 is 11.4. The Hall–Kier alpha value is -2.16. The molecule has 2 aromatic carbocycles. The second-order valence-corrected chi connectivity index (χ2v) is 5.40. The summed E-state index contributed by atoms with van der Waals surface area (Å²) in [4.78, 5) is 0. The molecule has 2 aromatic rings. The molecule has 0 aromatic heterocycles. The van der Waals surface area contributed by atoms with E-state index in [-0.39, 0.29) is 0 Å². The highest BCUT2D eigenvalue weighted by Gasteiger charge is 2.10. The van der Waals surface area contributed by atoms with Gasteiger partial charge in [-0.3, -0.25) is 0 Å². The molecule has 3 heteroatoms. The lowest BCUT2D eigenvalue weighted by Crippen LogP contribution is -2.05. The molecule has 0 saturated carbocycles. The van der Waals surface area contributed by atoms with E-state index < -0.39 is 0 Å². The Morgan fingerprint density at radius 1 is 0.810 bits per heavy atom. The summed E-state index contributed by atoms with van der Waals surface area (Å²) in [5, 5.41) is 0. The van der Waals surface area contributed by atoms with Crippen LogP contribution in [0.1, 0.15) is 24.0 Å². The molecular weight excluding hydrogens is 262 g/mol. The molecule has 2 N–H and O–H groups in total. The number of aryl methyl sites for hydroxylation is 2. The van der Waals surface area contributed by atoms with Crippen molar-refractivity contribution in [2.45, 2.75) is 25.7 Å². The van der Waals surface area contributed by atoms with Crippen LogP contribution >= 0.6 is 0 Å². The van der Waals surface area contributed by atoms with Crippen LogP contribution in [0.3, 0.4) is 0 Å². The molecule has 0 aliphatic heterocycles. The topological polar surface area (TPSA) is 44.5 Å². The predicted molar refractivity (Wildman–Crippen MR) is 84.9 cm³/mol. The van der Waals surface area contributed by atoms with Crippen LogP contribution in [-0.4, -0.2) is 13.2 Å². The largest absolute Gasteiger partial charge is 0.493 e. The average Bonchev–Trinajstić information content (AvgIpc) is 2.96. The number of benzene rings is 2. The Morgan fingerprint density at radius 2 is 1.48 bits per heavy atom. The van der Waals surface area contributed by atoms with E-state index in [2.05, 4.69) is 18.2 Å². The van der Waals surface area contributed by atoms with Crippen molar-refractivity contribution in [3.05, 3.63) is 53.6 Å². The molecule has 0 bridgehead atoms. The van der Waals surface area contributed by atoms with Gasteiger partial charge in [0.25, 0.3) is 0 Å². The van der Waals surface area contributed by atoms with Gasteiger partial charge in [-0.25, -0.2) is 0 Å². The van der Waals surface area contributed by atoms with Gasteiger partial charge in [0.15, 0.2) is 0 Å². The molecule has 0 unspecified atom stereocenters. The van der Waals surface area contributed by atoms with Crippen LogP contribution in [0, 0.1) is 0 Å². The van der Waals surface area contributed by atoms with Gasteiger partial charge in [0.2, 0.25) is 0 Å². The minimum atomic E-state index is 0.648. The molecule has 3 nitrogen and oxygen atoms in total. The zero-order chi connectivity index (χ0) is 14.5. The van der Waals surface area contributed by atoms with Crippen LogP contribution in [0.4, 0.5) is 5.69 Å². The predicted octanol–water partition coefficient (Wildman–Crippen LogP) is 3.61. The van der Waals surface area contributed by atoms with E-state index in [1.165, 1.54) is 30.4 Å². The van der Waals surface area contributed by atoms with Crippen molar-refractivity contribution in [2.24, 2.45) is 0 Å². The first-order valence-corrected chi connectivity index (χ1v) is 7.54. The Bertz CT molecular complexity index is 593. The van der Waals surface area contributed by atoms with Crippen LogP contribution in [0.25, 0.3) is 0 Å². The van der Waals surface area contributed by atoms with Gasteiger partial charge < -0.3 is 15.2 Å².